The summed E-state index contributed by atoms with van der Waals surface area (Å²) in [5.41, 5.74) is 3.02. The number of hydrogen-bond acceptors (Lipinski definition) is 4. The van der Waals surface area contributed by atoms with Crippen molar-refractivity contribution in [3.05, 3.63) is 84.4 Å². The van der Waals surface area contributed by atoms with E-state index in [4.69, 9.17) is 4.74 Å². The van der Waals surface area contributed by atoms with E-state index in [1.807, 2.05) is 42.5 Å². The predicted molar refractivity (Wildman–Crippen MR) is 107 cm³/mol. The van der Waals surface area contributed by atoms with Crippen molar-refractivity contribution in [3.63, 3.8) is 0 Å². The van der Waals surface area contributed by atoms with E-state index in [1.54, 1.807) is 36.4 Å². The van der Waals surface area contributed by atoms with Gasteiger partial charge >= 0.3 is 0 Å². The van der Waals surface area contributed by atoms with Crippen LogP contribution in [0.3, 0.4) is 0 Å². The highest BCUT2D eigenvalue weighted by atomic mass is 16.5. The quantitative estimate of drug-likeness (QED) is 0.602. The summed E-state index contributed by atoms with van der Waals surface area (Å²) < 4.78 is 5.42. The van der Waals surface area contributed by atoms with Crippen LogP contribution in [0.15, 0.2) is 78.9 Å². The largest absolute Gasteiger partial charge is 0.484 e. The van der Waals surface area contributed by atoms with Crippen LogP contribution in [-0.2, 0) is 4.79 Å². The fourth-order valence-electron chi connectivity index (χ4n) is 2.48. The maximum Gasteiger partial charge on any atom is 0.262 e. The molecular weight excluding hydrogens is 340 g/mol. The van der Waals surface area contributed by atoms with Gasteiger partial charge in [-0.05, 0) is 55.5 Å². The summed E-state index contributed by atoms with van der Waals surface area (Å²) in [5, 5.41) is 6.03. The molecule has 0 saturated heterocycles. The molecule has 136 valence electrons. The Bertz CT molecular complexity index is 922. The molecule has 2 N–H and O–H groups in total. The molecule has 0 aliphatic carbocycles. The number of hydrogen-bond donors (Lipinski definition) is 2. The van der Waals surface area contributed by atoms with E-state index in [0.717, 1.165) is 11.4 Å². The first-order chi connectivity index (χ1) is 13.1. The van der Waals surface area contributed by atoms with Gasteiger partial charge in [-0.2, -0.15) is 0 Å². The molecule has 3 aromatic carbocycles. The van der Waals surface area contributed by atoms with Crippen LogP contribution in [0, 0.1) is 0 Å². The second-order valence-corrected chi connectivity index (χ2v) is 5.99. The number of anilines is 3. The van der Waals surface area contributed by atoms with Crippen molar-refractivity contribution in [2.45, 2.75) is 6.92 Å². The van der Waals surface area contributed by atoms with Gasteiger partial charge in [-0.1, -0.05) is 30.3 Å². The van der Waals surface area contributed by atoms with Crippen molar-refractivity contribution in [1.29, 1.82) is 0 Å². The zero-order chi connectivity index (χ0) is 19.1. The number of benzene rings is 3. The molecule has 0 unspecified atom stereocenters. The minimum atomic E-state index is -0.228. The van der Waals surface area contributed by atoms with Crippen molar-refractivity contribution in [2.75, 3.05) is 17.2 Å². The smallest absolute Gasteiger partial charge is 0.262 e. The molecule has 5 nitrogen and oxygen atoms in total. The van der Waals surface area contributed by atoms with E-state index in [1.165, 1.54) is 6.92 Å². The Morgan fingerprint density at radius 1 is 0.815 bits per heavy atom. The number of Topliss-reactive ketones (excluding diaryl/α,β-unsaturated/α-hetero) is 1. The number of nitrogens with one attached hydrogen (secondary N) is 2. The van der Waals surface area contributed by atoms with Gasteiger partial charge in [0.2, 0.25) is 0 Å². The Hall–Kier alpha value is -3.60. The number of amides is 1. The minimum absolute atomic E-state index is 0.0226. The number of ether oxygens (including phenoxy) is 1. The molecule has 0 bridgehead atoms. The molecule has 0 radical (unpaired) electrons. The van der Waals surface area contributed by atoms with Crippen molar-refractivity contribution in [1.82, 2.24) is 0 Å². The Kier molecular flexibility index (Phi) is 5.84. The number of carbonyl (C=O) groups excluding carboxylic acids is 2. The number of rotatable bonds is 7. The Labute approximate surface area is 158 Å². The third-order valence-corrected chi connectivity index (χ3v) is 3.84. The lowest BCUT2D eigenvalue weighted by Gasteiger charge is -2.10. The van der Waals surface area contributed by atoms with Crippen LogP contribution in [-0.4, -0.2) is 18.3 Å². The number of carbonyl (C=O) groups is 2. The molecule has 0 heterocycles. The molecule has 3 rings (SSSR count). The summed E-state index contributed by atoms with van der Waals surface area (Å²) in [6, 6.07) is 23.8. The summed E-state index contributed by atoms with van der Waals surface area (Å²) in [5.74, 6) is 0.447. The van der Waals surface area contributed by atoms with Crippen molar-refractivity contribution < 1.29 is 14.3 Å². The standard InChI is InChI=1S/C22H20N2O3/c1-16(25)17-6-5-7-20(14-17)23-18-10-12-19(13-11-18)24-22(26)15-27-21-8-3-2-4-9-21/h2-14,23H,15H2,1H3,(H,24,26). The van der Waals surface area contributed by atoms with E-state index in [2.05, 4.69) is 10.6 Å². The van der Waals surface area contributed by atoms with E-state index < -0.39 is 0 Å². The van der Waals surface area contributed by atoms with Crippen LogP contribution in [0.25, 0.3) is 0 Å². The normalized spacial score (nSPS) is 10.1. The topological polar surface area (TPSA) is 67.4 Å². The van der Waals surface area contributed by atoms with E-state index >= 15 is 0 Å². The second-order valence-electron chi connectivity index (χ2n) is 5.99. The molecule has 0 fully saturated rings. The number of ketones is 1. The van der Waals surface area contributed by atoms with E-state index in [9.17, 15) is 9.59 Å². The van der Waals surface area contributed by atoms with Gasteiger partial charge in [0.1, 0.15) is 5.75 Å². The maximum atomic E-state index is 12.0. The summed E-state index contributed by atoms with van der Waals surface area (Å²) >= 11 is 0. The Morgan fingerprint density at radius 2 is 1.52 bits per heavy atom. The molecule has 0 saturated carbocycles. The van der Waals surface area contributed by atoms with Crippen LogP contribution in [0.5, 0.6) is 5.75 Å². The van der Waals surface area contributed by atoms with E-state index in [0.29, 0.717) is 17.0 Å². The monoisotopic (exact) mass is 360 g/mol. The predicted octanol–water partition coefficient (Wildman–Crippen LogP) is 4.65. The molecule has 0 spiro atoms. The molecule has 3 aromatic rings. The molecule has 0 aliphatic heterocycles. The molecule has 0 aromatic heterocycles. The summed E-state index contributed by atoms with van der Waals surface area (Å²) in [6.07, 6.45) is 0. The van der Waals surface area contributed by atoms with Gasteiger partial charge in [0, 0.05) is 22.6 Å². The lowest BCUT2D eigenvalue weighted by Crippen LogP contribution is -2.20. The van der Waals surface area contributed by atoms with Crippen LogP contribution in [0.2, 0.25) is 0 Å². The molecule has 5 heteroatoms. The number of para-hydroxylation sites is 1. The maximum absolute atomic E-state index is 12.0. The van der Waals surface area contributed by atoms with Crippen molar-refractivity contribution in [3.8, 4) is 5.75 Å². The lowest BCUT2D eigenvalue weighted by molar-refractivity contribution is -0.118. The first kappa shape index (κ1) is 18.2. The summed E-state index contributed by atoms with van der Waals surface area (Å²) in [6.45, 7) is 1.49. The van der Waals surface area contributed by atoms with E-state index in [-0.39, 0.29) is 18.3 Å². The zero-order valence-electron chi connectivity index (χ0n) is 14.9. The lowest BCUT2D eigenvalue weighted by atomic mass is 10.1. The van der Waals surface area contributed by atoms with Gasteiger partial charge in [-0.3, -0.25) is 9.59 Å². The third kappa shape index (κ3) is 5.44. The SMILES string of the molecule is CC(=O)c1cccc(Nc2ccc(NC(=O)COc3ccccc3)cc2)c1. The molecule has 0 aliphatic rings. The average molecular weight is 360 g/mol. The highest BCUT2D eigenvalue weighted by Gasteiger charge is 2.05. The fourth-order valence-corrected chi connectivity index (χ4v) is 2.48. The second kappa shape index (κ2) is 8.67. The third-order valence-electron chi connectivity index (χ3n) is 3.84. The fraction of sp³-hybridized carbons (Fsp3) is 0.0909. The Morgan fingerprint density at radius 3 is 2.22 bits per heavy atom. The molecular formula is C22H20N2O3. The first-order valence-electron chi connectivity index (χ1n) is 8.56. The highest BCUT2D eigenvalue weighted by Crippen LogP contribution is 2.20. The highest BCUT2D eigenvalue weighted by molar-refractivity contribution is 5.95. The van der Waals surface area contributed by atoms with Gasteiger partial charge in [0.25, 0.3) is 5.91 Å². The van der Waals surface area contributed by atoms with Gasteiger partial charge in [0.05, 0.1) is 0 Å². The van der Waals surface area contributed by atoms with Gasteiger partial charge in [-0.15, -0.1) is 0 Å². The van der Waals surface area contributed by atoms with Gasteiger partial charge in [-0.25, -0.2) is 0 Å². The van der Waals surface area contributed by atoms with Crippen LogP contribution < -0.4 is 15.4 Å². The zero-order valence-corrected chi connectivity index (χ0v) is 14.9. The molecule has 0 atom stereocenters. The van der Waals surface area contributed by atoms with Crippen LogP contribution >= 0.6 is 0 Å². The summed E-state index contributed by atoms with van der Waals surface area (Å²) in [4.78, 5) is 23.4. The average Bonchev–Trinajstić information content (AvgIpc) is 2.69. The van der Waals surface area contributed by atoms with Crippen LogP contribution in [0.1, 0.15) is 17.3 Å². The van der Waals surface area contributed by atoms with Crippen LogP contribution in [0.4, 0.5) is 17.1 Å². The van der Waals surface area contributed by atoms with Crippen molar-refractivity contribution >= 4 is 28.8 Å². The minimum Gasteiger partial charge on any atom is -0.484 e. The first-order valence-corrected chi connectivity index (χ1v) is 8.56. The van der Waals surface area contributed by atoms with Crippen molar-refractivity contribution in [2.24, 2.45) is 0 Å². The van der Waals surface area contributed by atoms with Gasteiger partial charge < -0.3 is 15.4 Å². The molecule has 1 amide bonds. The molecule has 27 heavy (non-hydrogen) atoms. The summed E-state index contributed by atoms with van der Waals surface area (Å²) in [7, 11) is 0. The Balaban J connectivity index is 1.54. The van der Waals surface area contributed by atoms with Gasteiger partial charge in [0.15, 0.2) is 12.4 Å².